The highest BCUT2D eigenvalue weighted by Crippen LogP contribution is 2.25. The maximum atomic E-state index is 13.0. The SMILES string of the molecule is CN1CCC(N(C)C(=O)c2ccc(Nc3nc4c(N5CCCCC5)cccn4n3)cc2)CC1. The van der Waals surface area contributed by atoms with Gasteiger partial charge in [0.05, 0.1) is 5.69 Å². The van der Waals surface area contributed by atoms with Crippen molar-refractivity contribution in [3.63, 3.8) is 0 Å². The maximum absolute atomic E-state index is 13.0. The molecule has 0 aliphatic carbocycles. The van der Waals surface area contributed by atoms with Gasteiger partial charge in [-0.1, -0.05) is 0 Å². The highest BCUT2D eigenvalue weighted by atomic mass is 16.2. The normalized spacial score (nSPS) is 17.9. The number of carbonyl (C=O) groups is 1. The van der Waals surface area contributed by atoms with Gasteiger partial charge in [-0.15, -0.1) is 5.10 Å². The molecule has 8 heteroatoms. The summed E-state index contributed by atoms with van der Waals surface area (Å²) in [6.45, 7) is 4.21. The molecule has 1 amide bonds. The number of nitrogens with one attached hydrogen (secondary N) is 1. The van der Waals surface area contributed by atoms with Crippen molar-refractivity contribution in [2.75, 3.05) is 50.5 Å². The molecule has 0 bridgehead atoms. The quantitative estimate of drug-likeness (QED) is 0.644. The van der Waals surface area contributed by atoms with Crippen LogP contribution in [0.5, 0.6) is 0 Å². The first-order valence-electron chi connectivity index (χ1n) is 12.0. The monoisotopic (exact) mass is 447 g/mol. The van der Waals surface area contributed by atoms with E-state index in [2.05, 4.69) is 33.3 Å². The minimum Gasteiger partial charge on any atom is -0.368 e. The summed E-state index contributed by atoms with van der Waals surface area (Å²) in [7, 11) is 4.06. The van der Waals surface area contributed by atoms with Gasteiger partial charge in [0.25, 0.3) is 5.91 Å². The molecule has 5 rings (SSSR count). The number of carbonyl (C=O) groups excluding carboxylic acids is 1. The third-order valence-electron chi connectivity index (χ3n) is 6.98. The van der Waals surface area contributed by atoms with Crippen LogP contribution in [-0.4, -0.2) is 76.6 Å². The second kappa shape index (κ2) is 9.39. The Balaban J connectivity index is 1.28. The second-order valence-corrected chi connectivity index (χ2v) is 9.30. The van der Waals surface area contributed by atoms with Gasteiger partial charge in [-0.3, -0.25) is 4.79 Å². The van der Waals surface area contributed by atoms with E-state index in [1.54, 1.807) is 0 Å². The molecule has 1 aromatic carbocycles. The van der Waals surface area contributed by atoms with Crippen LogP contribution in [0.4, 0.5) is 17.3 Å². The molecule has 1 N–H and O–H groups in total. The first-order chi connectivity index (χ1) is 16.1. The molecule has 3 aromatic rings. The second-order valence-electron chi connectivity index (χ2n) is 9.30. The number of aromatic nitrogens is 3. The van der Waals surface area contributed by atoms with Gasteiger partial charge in [-0.25, -0.2) is 4.52 Å². The van der Waals surface area contributed by atoms with Gasteiger partial charge >= 0.3 is 0 Å². The van der Waals surface area contributed by atoms with Crippen molar-refractivity contribution >= 4 is 28.9 Å². The van der Waals surface area contributed by atoms with Crippen molar-refractivity contribution in [2.24, 2.45) is 0 Å². The van der Waals surface area contributed by atoms with Crippen molar-refractivity contribution in [3.05, 3.63) is 48.2 Å². The van der Waals surface area contributed by atoms with Gasteiger partial charge in [0, 0.05) is 43.6 Å². The minimum atomic E-state index is 0.0770. The Hall–Kier alpha value is -3.13. The Morgan fingerprint density at radius 2 is 1.76 bits per heavy atom. The highest BCUT2D eigenvalue weighted by Gasteiger charge is 2.24. The first-order valence-corrected chi connectivity index (χ1v) is 12.0. The zero-order valence-electron chi connectivity index (χ0n) is 19.6. The molecule has 2 saturated heterocycles. The average Bonchev–Trinajstić information content (AvgIpc) is 3.27. The summed E-state index contributed by atoms with van der Waals surface area (Å²) in [5, 5.41) is 7.90. The summed E-state index contributed by atoms with van der Waals surface area (Å²) >= 11 is 0. The molecule has 4 heterocycles. The van der Waals surface area contributed by atoms with E-state index < -0.39 is 0 Å². The molecular weight excluding hydrogens is 414 g/mol. The number of rotatable bonds is 5. The lowest BCUT2D eigenvalue weighted by Gasteiger charge is -2.35. The van der Waals surface area contributed by atoms with E-state index in [1.165, 1.54) is 19.3 Å². The van der Waals surface area contributed by atoms with Crippen LogP contribution in [0.2, 0.25) is 0 Å². The van der Waals surface area contributed by atoms with E-state index in [9.17, 15) is 4.79 Å². The Bertz CT molecular complexity index is 1100. The maximum Gasteiger partial charge on any atom is 0.253 e. The zero-order chi connectivity index (χ0) is 22.8. The number of amides is 1. The fraction of sp³-hybridized carbons (Fsp3) is 0.480. The molecule has 2 aromatic heterocycles. The molecule has 2 aliphatic heterocycles. The zero-order valence-corrected chi connectivity index (χ0v) is 19.6. The van der Waals surface area contributed by atoms with Gasteiger partial charge in [-0.05, 0) is 88.6 Å². The van der Waals surface area contributed by atoms with Crippen LogP contribution in [0.15, 0.2) is 42.6 Å². The third kappa shape index (κ3) is 4.66. The predicted molar refractivity (Wildman–Crippen MR) is 131 cm³/mol. The van der Waals surface area contributed by atoms with Crippen LogP contribution in [0.1, 0.15) is 42.5 Å². The number of likely N-dealkylation sites (tertiary alicyclic amines) is 1. The Kier molecular flexibility index (Phi) is 6.17. The van der Waals surface area contributed by atoms with E-state index in [4.69, 9.17) is 4.98 Å². The predicted octanol–water partition coefficient (Wildman–Crippen LogP) is 3.63. The summed E-state index contributed by atoms with van der Waals surface area (Å²) in [6, 6.07) is 12.1. The largest absolute Gasteiger partial charge is 0.368 e. The van der Waals surface area contributed by atoms with Crippen LogP contribution < -0.4 is 10.2 Å². The standard InChI is InChI=1S/C25H33N7O/c1-29-17-12-21(13-18-29)30(2)24(33)19-8-10-20(11-9-19)26-25-27-23-22(7-6-16-32(23)28-25)31-14-4-3-5-15-31/h6-11,16,21H,3-5,12-15,17-18H2,1-2H3,(H,26,28). The molecule has 0 atom stereocenters. The lowest BCUT2D eigenvalue weighted by atomic mass is 10.0. The Labute approximate surface area is 195 Å². The van der Waals surface area contributed by atoms with Crippen LogP contribution >= 0.6 is 0 Å². The summed E-state index contributed by atoms with van der Waals surface area (Å²) in [4.78, 5) is 24.3. The number of hydrogen-bond donors (Lipinski definition) is 1. The highest BCUT2D eigenvalue weighted by molar-refractivity contribution is 5.94. The topological polar surface area (TPSA) is 69.0 Å². The first kappa shape index (κ1) is 21.7. The number of benzene rings is 1. The Morgan fingerprint density at radius 3 is 2.48 bits per heavy atom. The van der Waals surface area contributed by atoms with Gasteiger partial charge in [0.1, 0.15) is 0 Å². The van der Waals surface area contributed by atoms with Gasteiger partial charge in [-0.2, -0.15) is 4.98 Å². The van der Waals surface area contributed by atoms with Crippen LogP contribution in [0.3, 0.4) is 0 Å². The number of piperidine rings is 2. The van der Waals surface area contributed by atoms with Crippen molar-refractivity contribution in [1.82, 2.24) is 24.4 Å². The fourth-order valence-electron chi connectivity index (χ4n) is 4.90. The van der Waals surface area contributed by atoms with Crippen LogP contribution in [-0.2, 0) is 0 Å². The van der Waals surface area contributed by atoms with Gasteiger partial charge in [0.15, 0.2) is 5.65 Å². The van der Waals surface area contributed by atoms with Gasteiger partial charge in [0.2, 0.25) is 5.95 Å². The number of anilines is 3. The summed E-state index contributed by atoms with van der Waals surface area (Å²) < 4.78 is 1.83. The molecule has 2 fully saturated rings. The molecule has 0 saturated carbocycles. The van der Waals surface area contributed by atoms with E-state index in [-0.39, 0.29) is 5.91 Å². The van der Waals surface area contributed by atoms with Crippen LogP contribution in [0, 0.1) is 0 Å². The molecule has 8 nitrogen and oxygen atoms in total. The van der Waals surface area contributed by atoms with Crippen molar-refractivity contribution in [1.29, 1.82) is 0 Å². The van der Waals surface area contributed by atoms with E-state index in [1.807, 2.05) is 53.0 Å². The molecule has 0 spiro atoms. The molecule has 33 heavy (non-hydrogen) atoms. The van der Waals surface area contributed by atoms with E-state index in [0.717, 1.165) is 56.0 Å². The number of pyridine rings is 1. The van der Waals surface area contributed by atoms with Crippen LogP contribution in [0.25, 0.3) is 5.65 Å². The lowest BCUT2D eigenvalue weighted by molar-refractivity contribution is 0.0659. The number of hydrogen-bond acceptors (Lipinski definition) is 6. The lowest BCUT2D eigenvalue weighted by Crippen LogP contribution is -2.44. The number of fused-ring (bicyclic) bond motifs is 1. The molecule has 0 radical (unpaired) electrons. The molecular formula is C25H33N7O. The van der Waals surface area contributed by atoms with Crippen molar-refractivity contribution in [3.8, 4) is 0 Å². The number of nitrogens with zero attached hydrogens (tertiary/aromatic N) is 6. The minimum absolute atomic E-state index is 0.0770. The molecule has 174 valence electrons. The van der Waals surface area contributed by atoms with E-state index >= 15 is 0 Å². The Morgan fingerprint density at radius 1 is 1.03 bits per heavy atom. The summed E-state index contributed by atoms with van der Waals surface area (Å²) in [6.07, 6.45) is 7.72. The fourth-order valence-corrected chi connectivity index (χ4v) is 4.90. The van der Waals surface area contributed by atoms with Gasteiger partial charge < -0.3 is 20.0 Å². The van der Waals surface area contributed by atoms with Crippen molar-refractivity contribution < 1.29 is 4.79 Å². The summed E-state index contributed by atoms with van der Waals surface area (Å²) in [5.74, 6) is 0.634. The van der Waals surface area contributed by atoms with Crippen molar-refractivity contribution in [2.45, 2.75) is 38.1 Å². The average molecular weight is 448 g/mol. The molecule has 2 aliphatic rings. The molecule has 0 unspecified atom stereocenters. The smallest absolute Gasteiger partial charge is 0.253 e. The summed E-state index contributed by atoms with van der Waals surface area (Å²) in [5.41, 5.74) is 3.57. The third-order valence-corrected chi connectivity index (χ3v) is 6.98. The van der Waals surface area contributed by atoms with E-state index in [0.29, 0.717) is 17.6 Å².